The van der Waals surface area contributed by atoms with Gasteiger partial charge in [0.1, 0.15) is 0 Å². The smallest absolute Gasteiger partial charge is 0.253 e. The fourth-order valence-electron chi connectivity index (χ4n) is 4.98. The number of carbonyl (C=O) groups is 1. The van der Waals surface area contributed by atoms with Crippen molar-refractivity contribution in [2.45, 2.75) is 39.2 Å². The van der Waals surface area contributed by atoms with Crippen LogP contribution in [0.15, 0.2) is 72.7 Å². The number of rotatable bonds is 3. The summed E-state index contributed by atoms with van der Waals surface area (Å²) in [5.41, 5.74) is 4.90. The van der Waals surface area contributed by atoms with Crippen LogP contribution in [0.4, 0.5) is 0 Å². The van der Waals surface area contributed by atoms with E-state index in [-0.39, 0.29) is 11.4 Å². The molecule has 1 N–H and O–H groups in total. The molecule has 0 radical (unpaired) electrons. The lowest BCUT2D eigenvalue weighted by atomic mass is 9.82. The maximum absolute atomic E-state index is 13.3. The van der Waals surface area contributed by atoms with E-state index in [9.17, 15) is 4.79 Å². The Hall–Kier alpha value is -3.38. The third kappa shape index (κ3) is 4.26. The van der Waals surface area contributed by atoms with E-state index >= 15 is 0 Å². The molecule has 3 aromatic rings. The SMILES string of the molecule is C/C=C1\C(=C/COC)NC2(CCN(C(=O)c3ccc4ncccc4c3)CC2)c2cccn21.CC. The van der Waals surface area contributed by atoms with E-state index in [0.717, 1.165) is 40.7 Å². The number of amides is 1. The predicted octanol–water partition coefficient (Wildman–Crippen LogP) is 5.19. The number of methoxy groups -OCH3 is 1. The van der Waals surface area contributed by atoms with Gasteiger partial charge in [-0.25, -0.2) is 0 Å². The van der Waals surface area contributed by atoms with Crippen molar-refractivity contribution < 1.29 is 9.53 Å². The topological polar surface area (TPSA) is 59.4 Å². The zero-order chi connectivity index (χ0) is 24.1. The van der Waals surface area contributed by atoms with Gasteiger partial charge in [0.15, 0.2) is 0 Å². The van der Waals surface area contributed by atoms with Crippen LogP contribution >= 0.6 is 0 Å². The fourth-order valence-corrected chi connectivity index (χ4v) is 4.98. The van der Waals surface area contributed by atoms with E-state index in [4.69, 9.17) is 4.74 Å². The molecule has 5 rings (SSSR count). The number of ether oxygens (including phenoxy) is 1. The third-order valence-corrected chi connectivity index (χ3v) is 6.63. The fraction of sp³-hybridized carbons (Fsp3) is 0.357. The summed E-state index contributed by atoms with van der Waals surface area (Å²) in [6, 6.07) is 13.9. The summed E-state index contributed by atoms with van der Waals surface area (Å²) in [5, 5.41) is 4.81. The molecule has 0 bridgehead atoms. The monoisotopic (exact) mass is 458 g/mol. The van der Waals surface area contributed by atoms with Crippen LogP contribution in [-0.4, -0.2) is 47.2 Å². The van der Waals surface area contributed by atoms with Gasteiger partial charge in [-0.3, -0.25) is 9.78 Å². The normalized spacial score (nSPS) is 19.0. The molecule has 0 atom stereocenters. The largest absolute Gasteiger partial charge is 0.381 e. The van der Waals surface area contributed by atoms with Crippen LogP contribution in [0.25, 0.3) is 16.6 Å². The van der Waals surface area contributed by atoms with Gasteiger partial charge in [-0.05, 0) is 62.2 Å². The average molecular weight is 459 g/mol. The maximum atomic E-state index is 13.3. The third-order valence-electron chi connectivity index (χ3n) is 6.63. The van der Waals surface area contributed by atoms with Crippen molar-refractivity contribution in [1.29, 1.82) is 0 Å². The molecule has 0 unspecified atom stereocenters. The average Bonchev–Trinajstić information content (AvgIpc) is 3.39. The van der Waals surface area contributed by atoms with E-state index in [1.807, 2.05) is 49.1 Å². The number of hydrogen-bond donors (Lipinski definition) is 1. The molecule has 6 heteroatoms. The van der Waals surface area contributed by atoms with Crippen LogP contribution < -0.4 is 5.32 Å². The second-order valence-corrected chi connectivity index (χ2v) is 8.42. The Morgan fingerprint density at radius 1 is 1.18 bits per heavy atom. The van der Waals surface area contributed by atoms with E-state index in [1.54, 1.807) is 13.3 Å². The van der Waals surface area contributed by atoms with Crippen molar-refractivity contribution in [3.05, 3.63) is 84.0 Å². The van der Waals surface area contributed by atoms with Crippen LogP contribution in [0.2, 0.25) is 0 Å². The van der Waals surface area contributed by atoms with Gasteiger partial charge in [-0.2, -0.15) is 0 Å². The minimum Gasteiger partial charge on any atom is -0.381 e. The number of nitrogens with one attached hydrogen (secondary N) is 1. The van der Waals surface area contributed by atoms with Gasteiger partial charge in [0.25, 0.3) is 5.91 Å². The molecule has 2 aliphatic heterocycles. The standard InChI is InChI=1S/C26H28N4O2.C2H6/c1-3-23-22(10-17-32-2)28-26(24-7-5-14-30(23)24)11-15-29(16-12-26)25(31)20-8-9-21-19(18-20)6-4-13-27-21;1-2/h3-10,13-14,18,28H,11-12,15-17H2,1-2H3;1-2H3/b22-10+,23-3+;. The molecule has 0 aliphatic carbocycles. The Morgan fingerprint density at radius 2 is 1.97 bits per heavy atom. The minimum atomic E-state index is -0.195. The summed E-state index contributed by atoms with van der Waals surface area (Å²) in [6.07, 6.45) is 9.81. The summed E-state index contributed by atoms with van der Waals surface area (Å²) in [4.78, 5) is 19.6. The molecule has 0 saturated carbocycles. The van der Waals surface area contributed by atoms with Gasteiger partial charge in [-0.1, -0.05) is 26.0 Å². The minimum absolute atomic E-state index is 0.0843. The molecule has 1 spiro atoms. The number of nitrogens with zero attached hydrogens (tertiary/aromatic N) is 3. The second kappa shape index (κ2) is 10.3. The summed E-state index contributed by atoms with van der Waals surface area (Å²) in [5.74, 6) is 0.0843. The summed E-state index contributed by atoms with van der Waals surface area (Å²) >= 11 is 0. The number of fused-ring (bicyclic) bond motifs is 3. The van der Waals surface area contributed by atoms with Gasteiger partial charge in [0.2, 0.25) is 0 Å². The molecule has 4 heterocycles. The number of likely N-dealkylation sites (tertiary alicyclic amines) is 1. The Bertz CT molecular complexity index is 1220. The van der Waals surface area contributed by atoms with Crippen molar-refractivity contribution in [3.8, 4) is 0 Å². The van der Waals surface area contributed by atoms with Crippen molar-refractivity contribution in [2.75, 3.05) is 26.8 Å². The molecular weight excluding hydrogens is 424 g/mol. The number of allylic oxidation sites excluding steroid dienone is 2. The van der Waals surface area contributed by atoms with Gasteiger partial charge >= 0.3 is 0 Å². The first kappa shape index (κ1) is 23.8. The summed E-state index contributed by atoms with van der Waals surface area (Å²) in [7, 11) is 1.71. The van der Waals surface area contributed by atoms with Gasteiger partial charge in [0, 0.05) is 49.2 Å². The Balaban J connectivity index is 0.00000133. The first-order chi connectivity index (χ1) is 16.6. The van der Waals surface area contributed by atoms with Crippen LogP contribution in [0.3, 0.4) is 0 Å². The molecular formula is C28H34N4O2. The van der Waals surface area contributed by atoms with Gasteiger partial charge < -0.3 is 19.5 Å². The lowest BCUT2D eigenvalue weighted by Gasteiger charge is -2.47. The molecule has 2 aliphatic rings. The van der Waals surface area contributed by atoms with E-state index in [1.165, 1.54) is 5.69 Å². The molecule has 34 heavy (non-hydrogen) atoms. The number of benzene rings is 1. The molecule has 1 aromatic carbocycles. The van der Waals surface area contributed by atoms with Crippen molar-refractivity contribution >= 4 is 22.5 Å². The van der Waals surface area contributed by atoms with Crippen LogP contribution in [0.5, 0.6) is 0 Å². The predicted molar refractivity (Wildman–Crippen MR) is 137 cm³/mol. The van der Waals surface area contributed by atoms with Crippen molar-refractivity contribution in [2.24, 2.45) is 0 Å². The van der Waals surface area contributed by atoms with Gasteiger partial charge in [0.05, 0.1) is 29.1 Å². The van der Waals surface area contributed by atoms with E-state index in [2.05, 4.69) is 52.3 Å². The highest BCUT2D eigenvalue weighted by atomic mass is 16.5. The Labute approximate surface area is 201 Å². The maximum Gasteiger partial charge on any atom is 0.253 e. The first-order valence-electron chi connectivity index (χ1n) is 12.1. The molecule has 1 amide bonds. The molecule has 2 aromatic heterocycles. The first-order valence-corrected chi connectivity index (χ1v) is 12.1. The Kier molecular flexibility index (Phi) is 7.17. The van der Waals surface area contributed by atoms with Crippen LogP contribution in [-0.2, 0) is 10.3 Å². The van der Waals surface area contributed by atoms with Crippen molar-refractivity contribution in [3.63, 3.8) is 0 Å². The molecule has 6 nitrogen and oxygen atoms in total. The number of aromatic nitrogens is 2. The van der Waals surface area contributed by atoms with Crippen LogP contribution in [0.1, 0.15) is 49.7 Å². The lowest BCUT2D eigenvalue weighted by Crippen LogP contribution is -2.55. The highest BCUT2D eigenvalue weighted by Crippen LogP contribution is 2.41. The van der Waals surface area contributed by atoms with E-state index < -0.39 is 0 Å². The number of hydrogen-bond acceptors (Lipinski definition) is 4. The summed E-state index contributed by atoms with van der Waals surface area (Å²) < 4.78 is 7.57. The number of piperidine rings is 1. The summed E-state index contributed by atoms with van der Waals surface area (Å²) in [6.45, 7) is 8.00. The Morgan fingerprint density at radius 3 is 2.71 bits per heavy atom. The zero-order valence-electron chi connectivity index (χ0n) is 20.5. The molecule has 1 fully saturated rings. The highest BCUT2D eigenvalue weighted by Gasteiger charge is 2.43. The number of carbonyl (C=O) groups excluding carboxylic acids is 1. The quantitative estimate of drug-likeness (QED) is 0.587. The molecule has 178 valence electrons. The molecule has 1 saturated heterocycles. The highest BCUT2D eigenvalue weighted by molar-refractivity contribution is 5.98. The van der Waals surface area contributed by atoms with Crippen LogP contribution in [0, 0.1) is 0 Å². The van der Waals surface area contributed by atoms with E-state index in [0.29, 0.717) is 19.7 Å². The van der Waals surface area contributed by atoms with Gasteiger partial charge in [-0.15, -0.1) is 0 Å². The number of pyridine rings is 1. The lowest BCUT2D eigenvalue weighted by molar-refractivity contribution is 0.0639. The zero-order valence-corrected chi connectivity index (χ0v) is 20.5. The second-order valence-electron chi connectivity index (χ2n) is 8.42. The van der Waals surface area contributed by atoms with Crippen molar-refractivity contribution in [1.82, 2.24) is 19.8 Å².